The minimum Gasteiger partial charge on any atom is -0.385 e. The van der Waals surface area contributed by atoms with Crippen LogP contribution in [0.5, 0.6) is 0 Å². The van der Waals surface area contributed by atoms with Gasteiger partial charge in [-0.1, -0.05) is 6.92 Å². The molecule has 1 unspecified atom stereocenters. The minimum atomic E-state index is 0.0376. The van der Waals surface area contributed by atoms with Crippen molar-refractivity contribution in [1.82, 2.24) is 0 Å². The zero-order valence-electron chi connectivity index (χ0n) is 7.92. The van der Waals surface area contributed by atoms with E-state index in [1.165, 1.54) is 12.8 Å². The molecule has 0 heterocycles. The Kier molecular flexibility index (Phi) is 3.53. The van der Waals surface area contributed by atoms with E-state index < -0.39 is 0 Å². The van der Waals surface area contributed by atoms with Gasteiger partial charge < -0.3 is 10.5 Å². The molecule has 0 aromatic carbocycles. The number of hydrogen-bond donors (Lipinski definition) is 1. The quantitative estimate of drug-likeness (QED) is 0.499. The lowest BCUT2D eigenvalue weighted by atomic mass is 10.2. The first-order valence-electron chi connectivity index (χ1n) is 4.72. The molecule has 0 bridgehead atoms. The summed E-state index contributed by atoms with van der Waals surface area (Å²) in [6.45, 7) is 4.75. The van der Waals surface area contributed by atoms with Gasteiger partial charge in [0.05, 0.1) is 6.04 Å². The third-order valence-corrected chi connectivity index (χ3v) is 1.95. The summed E-state index contributed by atoms with van der Waals surface area (Å²) in [5, 5.41) is 0. The molecule has 70 valence electrons. The highest BCUT2D eigenvalue weighted by Gasteiger charge is 2.22. The highest BCUT2D eigenvalue weighted by molar-refractivity contribution is 5.85. The first-order valence-corrected chi connectivity index (χ1v) is 4.72. The van der Waals surface area contributed by atoms with Gasteiger partial charge in [0.15, 0.2) is 0 Å². The van der Waals surface area contributed by atoms with Crippen molar-refractivity contribution < 1.29 is 4.74 Å². The lowest BCUT2D eigenvalue weighted by Crippen LogP contribution is -2.31. The number of amidine groups is 1. The molecular formula is C9H18N2O. The van der Waals surface area contributed by atoms with Crippen LogP contribution in [0.25, 0.3) is 0 Å². The lowest BCUT2D eigenvalue weighted by molar-refractivity contribution is 0.106. The largest absolute Gasteiger partial charge is 0.385 e. The van der Waals surface area contributed by atoms with Gasteiger partial charge in [-0.25, -0.2) is 0 Å². The van der Waals surface area contributed by atoms with E-state index in [0.717, 1.165) is 6.42 Å². The van der Waals surface area contributed by atoms with E-state index in [-0.39, 0.29) is 6.10 Å². The van der Waals surface area contributed by atoms with E-state index >= 15 is 0 Å². The number of aliphatic imine (C=N–C) groups is 1. The van der Waals surface area contributed by atoms with Crippen LogP contribution in [0, 0.1) is 0 Å². The van der Waals surface area contributed by atoms with Crippen molar-refractivity contribution in [2.45, 2.75) is 45.3 Å². The maximum absolute atomic E-state index is 5.78. The fraction of sp³-hybridized carbons (Fsp3) is 0.889. The smallest absolute Gasteiger partial charge is 0.123 e. The summed E-state index contributed by atoms with van der Waals surface area (Å²) in [5.74, 6) is 0.682. The van der Waals surface area contributed by atoms with Gasteiger partial charge in [0.25, 0.3) is 0 Å². The van der Waals surface area contributed by atoms with E-state index in [4.69, 9.17) is 10.5 Å². The maximum Gasteiger partial charge on any atom is 0.123 e. The lowest BCUT2D eigenvalue weighted by Gasteiger charge is -2.13. The molecule has 1 fully saturated rings. The molecule has 0 radical (unpaired) electrons. The van der Waals surface area contributed by atoms with Crippen LogP contribution in [0.1, 0.15) is 33.1 Å². The van der Waals surface area contributed by atoms with Gasteiger partial charge in [-0.2, -0.15) is 0 Å². The second-order valence-corrected chi connectivity index (χ2v) is 3.14. The Hall–Kier alpha value is -0.570. The van der Waals surface area contributed by atoms with Crippen molar-refractivity contribution in [3.8, 4) is 0 Å². The molecule has 0 saturated heterocycles. The first kappa shape index (κ1) is 9.52. The summed E-state index contributed by atoms with van der Waals surface area (Å²) in [6, 6.07) is 0.500. The van der Waals surface area contributed by atoms with Gasteiger partial charge in [-0.3, -0.25) is 4.99 Å². The van der Waals surface area contributed by atoms with Gasteiger partial charge >= 0.3 is 0 Å². The third kappa shape index (κ3) is 2.81. The summed E-state index contributed by atoms with van der Waals surface area (Å²) < 4.78 is 5.43. The molecule has 0 aromatic heterocycles. The molecule has 3 nitrogen and oxygen atoms in total. The summed E-state index contributed by atoms with van der Waals surface area (Å²) in [5.41, 5.74) is 5.78. The van der Waals surface area contributed by atoms with E-state index in [1.807, 2.05) is 6.92 Å². The molecular weight excluding hydrogens is 152 g/mol. The Bertz CT molecular complexity index is 164. The molecule has 1 aliphatic rings. The van der Waals surface area contributed by atoms with E-state index in [1.54, 1.807) is 0 Å². The Labute approximate surface area is 74.0 Å². The average Bonchev–Trinajstić information content (AvgIpc) is 2.83. The van der Waals surface area contributed by atoms with Crippen LogP contribution in [-0.2, 0) is 4.74 Å². The van der Waals surface area contributed by atoms with E-state index in [2.05, 4.69) is 11.9 Å². The average molecular weight is 170 g/mol. The molecule has 0 spiro atoms. The Morgan fingerprint density at radius 1 is 1.58 bits per heavy atom. The SMILES string of the molecule is CCOC(CC)C(N)=NC1CC1. The predicted molar refractivity (Wildman–Crippen MR) is 50.3 cm³/mol. The standard InChI is InChI=1S/C9H18N2O/c1-3-8(12-4-2)9(10)11-7-5-6-7/h7-8H,3-6H2,1-2H3,(H2,10,11). The van der Waals surface area contributed by atoms with Crippen LogP contribution in [0.4, 0.5) is 0 Å². The summed E-state index contributed by atoms with van der Waals surface area (Å²) in [6.07, 6.45) is 3.35. The number of ether oxygens (including phenoxy) is 1. The molecule has 1 aliphatic carbocycles. The second kappa shape index (κ2) is 4.45. The summed E-state index contributed by atoms with van der Waals surface area (Å²) in [7, 11) is 0. The normalized spacial score (nSPS) is 21.0. The zero-order chi connectivity index (χ0) is 8.97. The molecule has 1 atom stereocenters. The number of nitrogens with two attached hydrogens (primary N) is 1. The van der Waals surface area contributed by atoms with Crippen molar-refractivity contribution in [2.75, 3.05) is 6.61 Å². The zero-order valence-corrected chi connectivity index (χ0v) is 7.92. The molecule has 1 rings (SSSR count). The molecule has 0 aliphatic heterocycles. The van der Waals surface area contributed by atoms with Gasteiger partial charge in [-0.15, -0.1) is 0 Å². The van der Waals surface area contributed by atoms with Crippen molar-refractivity contribution in [2.24, 2.45) is 10.7 Å². The third-order valence-electron chi connectivity index (χ3n) is 1.95. The van der Waals surface area contributed by atoms with Crippen LogP contribution in [0.2, 0.25) is 0 Å². The topological polar surface area (TPSA) is 47.6 Å². The van der Waals surface area contributed by atoms with Crippen molar-refractivity contribution in [1.29, 1.82) is 0 Å². The van der Waals surface area contributed by atoms with E-state index in [0.29, 0.717) is 18.5 Å². The number of hydrogen-bond acceptors (Lipinski definition) is 2. The summed E-state index contributed by atoms with van der Waals surface area (Å²) in [4.78, 5) is 4.35. The maximum atomic E-state index is 5.78. The van der Waals surface area contributed by atoms with E-state index in [9.17, 15) is 0 Å². The number of nitrogens with zero attached hydrogens (tertiary/aromatic N) is 1. The molecule has 12 heavy (non-hydrogen) atoms. The van der Waals surface area contributed by atoms with Gasteiger partial charge in [0, 0.05) is 6.61 Å². The highest BCUT2D eigenvalue weighted by Crippen LogP contribution is 2.23. The molecule has 3 heteroatoms. The van der Waals surface area contributed by atoms with Crippen LogP contribution in [-0.4, -0.2) is 24.6 Å². The Balaban J connectivity index is 2.39. The minimum absolute atomic E-state index is 0.0376. The number of rotatable bonds is 5. The Morgan fingerprint density at radius 3 is 2.67 bits per heavy atom. The monoisotopic (exact) mass is 170 g/mol. The predicted octanol–water partition coefficient (Wildman–Crippen LogP) is 1.32. The van der Waals surface area contributed by atoms with Crippen molar-refractivity contribution in [3.63, 3.8) is 0 Å². The molecule has 0 amide bonds. The second-order valence-electron chi connectivity index (χ2n) is 3.14. The van der Waals surface area contributed by atoms with Crippen LogP contribution in [0.3, 0.4) is 0 Å². The molecule has 1 saturated carbocycles. The fourth-order valence-corrected chi connectivity index (χ4v) is 1.11. The van der Waals surface area contributed by atoms with Crippen molar-refractivity contribution >= 4 is 5.84 Å². The van der Waals surface area contributed by atoms with Gasteiger partial charge in [-0.05, 0) is 26.2 Å². The van der Waals surface area contributed by atoms with Crippen LogP contribution >= 0.6 is 0 Å². The van der Waals surface area contributed by atoms with Gasteiger partial charge in [0.2, 0.25) is 0 Å². The molecule has 2 N–H and O–H groups in total. The fourth-order valence-electron chi connectivity index (χ4n) is 1.11. The van der Waals surface area contributed by atoms with Gasteiger partial charge in [0.1, 0.15) is 11.9 Å². The van der Waals surface area contributed by atoms with Crippen LogP contribution < -0.4 is 5.73 Å². The van der Waals surface area contributed by atoms with Crippen molar-refractivity contribution in [3.05, 3.63) is 0 Å². The highest BCUT2D eigenvalue weighted by atomic mass is 16.5. The summed E-state index contributed by atoms with van der Waals surface area (Å²) >= 11 is 0. The van der Waals surface area contributed by atoms with Crippen LogP contribution in [0.15, 0.2) is 4.99 Å². The molecule has 0 aromatic rings. The first-order chi connectivity index (χ1) is 5.77. The Morgan fingerprint density at radius 2 is 2.25 bits per heavy atom.